The quantitative estimate of drug-likeness (QED) is 0.707. The molecule has 0 bridgehead atoms. The van der Waals surface area contributed by atoms with E-state index in [9.17, 15) is 9.18 Å². The number of hydrogen-bond donors (Lipinski definition) is 0. The number of hydrogen-bond acceptors (Lipinski definition) is 2. The van der Waals surface area contributed by atoms with Crippen LogP contribution in [-0.4, -0.2) is 42.9 Å². The van der Waals surface area contributed by atoms with Gasteiger partial charge in [-0.15, -0.1) is 0 Å². The van der Waals surface area contributed by atoms with Gasteiger partial charge in [-0.2, -0.15) is 0 Å². The van der Waals surface area contributed by atoms with Crippen molar-refractivity contribution in [2.75, 3.05) is 32.1 Å². The molecule has 0 aliphatic heterocycles. The summed E-state index contributed by atoms with van der Waals surface area (Å²) >= 11 is 6.38. The van der Waals surface area contributed by atoms with Crippen molar-refractivity contribution >= 4 is 37.8 Å². The first kappa shape index (κ1) is 15.6. The van der Waals surface area contributed by atoms with Crippen LogP contribution in [0.1, 0.15) is 10.4 Å². The monoisotopic (exact) mass is 381 g/mol. The van der Waals surface area contributed by atoms with Crippen LogP contribution in [0.2, 0.25) is 0 Å². The van der Waals surface area contributed by atoms with E-state index >= 15 is 0 Å². The molecule has 0 saturated heterocycles. The number of carbonyl (C=O) groups is 1. The number of halogens is 3. The standard InChI is InChI=1S/C12H14Br2FNO2/c1-18-7-6-16(5-4-13)12(17)9-2-3-11(15)10(14)8-9/h2-3,8H,4-7H2,1H3. The zero-order valence-corrected chi connectivity index (χ0v) is 13.1. The van der Waals surface area contributed by atoms with Gasteiger partial charge < -0.3 is 9.64 Å². The van der Waals surface area contributed by atoms with Crippen molar-refractivity contribution in [1.82, 2.24) is 4.90 Å². The second kappa shape index (κ2) is 7.86. The summed E-state index contributed by atoms with van der Waals surface area (Å²) in [6.45, 7) is 1.56. The van der Waals surface area contributed by atoms with Crippen LogP contribution in [0.4, 0.5) is 4.39 Å². The van der Waals surface area contributed by atoms with Gasteiger partial charge in [0.25, 0.3) is 5.91 Å². The van der Waals surface area contributed by atoms with Crippen molar-refractivity contribution in [1.29, 1.82) is 0 Å². The molecule has 0 radical (unpaired) electrons. The molecule has 1 aromatic rings. The van der Waals surface area contributed by atoms with Crippen molar-refractivity contribution in [2.45, 2.75) is 0 Å². The van der Waals surface area contributed by atoms with Crippen molar-refractivity contribution < 1.29 is 13.9 Å². The van der Waals surface area contributed by atoms with Crippen molar-refractivity contribution in [3.63, 3.8) is 0 Å². The van der Waals surface area contributed by atoms with E-state index in [1.807, 2.05) is 0 Å². The maximum Gasteiger partial charge on any atom is 0.254 e. The minimum absolute atomic E-state index is 0.132. The summed E-state index contributed by atoms with van der Waals surface area (Å²) in [5.41, 5.74) is 0.459. The van der Waals surface area contributed by atoms with E-state index in [2.05, 4.69) is 31.9 Å². The number of rotatable bonds is 6. The van der Waals surface area contributed by atoms with Gasteiger partial charge in [0.2, 0.25) is 0 Å². The molecule has 0 saturated carbocycles. The molecule has 1 aromatic carbocycles. The molecular formula is C12H14Br2FNO2. The van der Waals surface area contributed by atoms with E-state index in [1.54, 1.807) is 12.0 Å². The van der Waals surface area contributed by atoms with E-state index in [4.69, 9.17) is 4.74 Å². The van der Waals surface area contributed by atoms with Crippen LogP contribution >= 0.6 is 31.9 Å². The lowest BCUT2D eigenvalue weighted by molar-refractivity contribution is 0.0709. The van der Waals surface area contributed by atoms with Crippen LogP contribution in [0.25, 0.3) is 0 Å². The minimum atomic E-state index is -0.379. The molecule has 0 heterocycles. The normalized spacial score (nSPS) is 10.4. The average molecular weight is 383 g/mol. The number of amides is 1. The molecule has 1 amide bonds. The van der Waals surface area contributed by atoms with E-state index < -0.39 is 0 Å². The van der Waals surface area contributed by atoms with Crippen LogP contribution in [-0.2, 0) is 4.74 Å². The molecule has 0 aliphatic carbocycles. The molecule has 1 rings (SSSR count). The van der Waals surface area contributed by atoms with Gasteiger partial charge in [0.15, 0.2) is 0 Å². The van der Waals surface area contributed by atoms with Crippen molar-refractivity contribution in [3.05, 3.63) is 34.1 Å². The summed E-state index contributed by atoms with van der Waals surface area (Å²) in [4.78, 5) is 13.9. The van der Waals surface area contributed by atoms with Crippen LogP contribution in [0.3, 0.4) is 0 Å². The zero-order chi connectivity index (χ0) is 13.5. The Labute approximate surface area is 123 Å². The minimum Gasteiger partial charge on any atom is -0.383 e. The van der Waals surface area contributed by atoms with E-state index in [1.165, 1.54) is 18.2 Å². The molecular weight excluding hydrogens is 369 g/mol. The number of nitrogens with zero attached hydrogens (tertiary/aromatic N) is 1. The summed E-state index contributed by atoms with van der Waals surface area (Å²) in [5, 5.41) is 0.685. The lowest BCUT2D eigenvalue weighted by Crippen LogP contribution is -2.35. The summed E-state index contributed by atoms with van der Waals surface area (Å²) in [7, 11) is 1.59. The highest BCUT2D eigenvalue weighted by molar-refractivity contribution is 9.10. The van der Waals surface area contributed by atoms with E-state index in [0.717, 1.165) is 0 Å². The lowest BCUT2D eigenvalue weighted by Gasteiger charge is -2.21. The molecule has 0 unspecified atom stereocenters. The Balaban J connectivity index is 2.83. The van der Waals surface area contributed by atoms with Gasteiger partial charge in [0, 0.05) is 31.1 Å². The Kier molecular flexibility index (Phi) is 6.81. The lowest BCUT2D eigenvalue weighted by atomic mass is 10.2. The summed E-state index contributed by atoms with van der Waals surface area (Å²) in [6, 6.07) is 4.25. The smallest absolute Gasteiger partial charge is 0.254 e. The highest BCUT2D eigenvalue weighted by Crippen LogP contribution is 2.18. The third-order valence-corrected chi connectivity index (χ3v) is 3.34. The Hall–Kier alpha value is -0.460. The molecule has 6 heteroatoms. The van der Waals surface area contributed by atoms with Gasteiger partial charge >= 0.3 is 0 Å². The van der Waals surface area contributed by atoms with Gasteiger partial charge in [-0.3, -0.25) is 4.79 Å². The van der Waals surface area contributed by atoms with Gasteiger partial charge in [-0.05, 0) is 34.1 Å². The molecule has 3 nitrogen and oxygen atoms in total. The van der Waals surface area contributed by atoms with E-state index in [-0.39, 0.29) is 11.7 Å². The summed E-state index contributed by atoms with van der Waals surface area (Å²) in [5.74, 6) is -0.511. The molecule has 100 valence electrons. The number of carbonyl (C=O) groups excluding carboxylic acids is 1. The third-order valence-electron chi connectivity index (χ3n) is 2.37. The fourth-order valence-electron chi connectivity index (χ4n) is 1.43. The van der Waals surface area contributed by atoms with Gasteiger partial charge in [-0.25, -0.2) is 4.39 Å². The topological polar surface area (TPSA) is 29.5 Å². The van der Waals surface area contributed by atoms with Crippen LogP contribution < -0.4 is 0 Å². The van der Waals surface area contributed by atoms with E-state index in [0.29, 0.717) is 35.1 Å². The highest BCUT2D eigenvalue weighted by atomic mass is 79.9. The molecule has 0 N–H and O–H groups in total. The van der Waals surface area contributed by atoms with Gasteiger partial charge in [0.05, 0.1) is 11.1 Å². The first-order valence-corrected chi connectivity index (χ1v) is 7.30. The summed E-state index contributed by atoms with van der Waals surface area (Å²) in [6.07, 6.45) is 0. The van der Waals surface area contributed by atoms with Crippen molar-refractivity contribution in [2.24, 2.45) is 0 Å². The first-order chi connectivity index (χ1) is 8.60. The Morgan fingerprint density at radius 3 is 2.72 bits per heavy atom. The number of ether oxygens (including phenoxy) is 1. The number of alkyl halides is 1. The average Bonchev–Trinajstić information content (AvgIpc) is 2.37. The molecule has 0 fully saturated rings. The first-order valence-electron chi connectivity index (χ1n) is 5.39. The van der Waals surface area contributed by atoms with Crippen LogP contribution in [0.5, 0.6) is 0 Å². The van der Waals surface area contributed by atoms with Crippen LogP contribution in [0.15, 0.2) is 22.7 Å². The molecule has 0 atom stereocenters. The van der Waals surface area contributed by atoms with Gasteiger partial charge in [0.1, 0.15) is 5.82 Å². The Morgan fingerprint density at radius 2 is 2.17 bits per heavy atom. The predicted octanol–water partition coefficient (Wildman–Crippen LogP) is 3.07. The van der Waals surface area contributed by atoms with Crippen LogP contribution in [0, 0.1) is 5.82 Å². The molecule has 0 aliphatic rings. The third kappa shape index (κ3) is 4.33. The predicted molar refractivity (Wildman–Crippen MR) is 75.7 cm³/mol. The molecule has 0 spiro atoms. The Morgan fingerprint density at radius 1 is 1.44 bits per heavy atom. The van der Waals surface area contributed by atoms with Crippen molar-refractivity contribution in [3.8, 4) is 0 Å². The number of methoxy groups -OCH3 is 1. The molecule has 0 aromatic heterocycles. The number of benzene rings is 1. The zero-order valence-electron chi connectivity index (χ0n) is 9.96. The second-order valence-corrected chi connectivity index (χ2v) is 5.25. The Bertz CT molecular complexity index is 415. The molecule has 18 heavy (non-hydrogen) atoms. The second-order valence-electron chi connectivity index (χ2n) is 3.60. The fourth-order valence-corrected chi connectivity index (χ4v) is 2.24. The largest absolute Gasteiger partial charge is 0.383 e. The summed E-state index contributed by atoms with van der Waals surface area (Å²) < 4.78 is 18.4. The highest BCUT2D eigenvalue weighted by Gasteiger charge is 2.16. The SMILES string of the molecule is COCCN(CCBr)C(=O)c1ccc(F)c(Br)c1. The van der Waals surface area contributed by atoms with Gasteiger partial charge in [-0.1, -0.05) is 15.9 Å². The maximum absolute atomic E-state index is 13.1. The maximum atomic E-state index is 13.1. The fraction of sp³-hybridized carbons (Fsp3) is 0.417.